The summed E-state index contributed by atoms with van der Waals surface area (Å²) < 4.78 is 5.23. The predicted octanol–water partition coefficient (Wildman–Crippen LogP) is 2.04. The number of thiol groups is 1. The number of carbonyl (C=O) groups is 1. The van der Waals surface area contributed by atoms with Gasteiger partial charge < -0.3 is 15.2 Å². The molecule has 0 spiro atoms. The topological polar surface area (TPSA) is 58.6 Å². The molecule has 2 N–H and O–H groups in total. The highest BCUT2D eigenvalue weighted by molar-refractivity contribution is 7.80. The minimum Gasteiger partial charge on any atom is -0.505 e. The molecule has 0 aromatic heterocycles. The lowest BCUT2D eigenvalue weighted by Crippen LogP contribution is -2.06. The van der Waals surface area contributed by atoms with Gasteiger partial charge in [0.1, 0.15) is 5.75 Å². The summed E-state index contributed by atoms with van der Waals surface area (Å²) in [5, 5.41) is 12.2. The number of benzene rings is 1. The minimum atomic E-state index is -0.248. The zero-order valence-corrected chi connectivity index (χ0v) is 9.47. The normalized spacial score (nSPS) is 9.80. The monoisotopic (exact) mass is 227 g/mol. The third-order valence-corrected chi connectivity index (χ3v) is 2.16. The molecule has 0 atom stereocenters. The number of phenolic OH excluding ortho intramolecular Hbond substituents is 1. The van der Waals surface area contributed by atoms with Crippen molar-refractivity contribution in [3.05, 3.63) is 12.1 Å². The van der Waals surface area contributed by atoms with Crippen LogP contribution in [0.25, 0.3) is 0 Å². The summed E-state index contributed by atoms with van der Waals surface area (Å²) in [7, 11) is 0. The van der Waals surface area contributed by atoms with Gasteiger partial charge in [-0.3, -0.25) is 4.79 Å². The second kappa shape index (κ2) is 4.93. The Hall–Kier alpha value is -1.36. The smallest absolute Gasteiger partial charge is 0.221 e. The Labute approximate surface area is 93.7 Å². The van der Waals surface area contributed by atoms with Gasteiger partial charge in [-0.05, 0) is 19.1 Å². The van der Waals surface area contributed by atoms with E-state index in [2.05, 4.69) is 17.9 Å². The number of aromatic hydroxyl groups is 1. The van der Waals surface area contributed by atoms with E-state index in [1.165, 1.54) is 6.92 Å². The van der Waals surface area contributed by atoms with Crippen molar-refractivity contribution in [1.29, 1.82) is 0 Å². The van der Waals surface area contributed by atoms with Crippen LogP contribution in [0.15, 0.2) is 17.0 Å². The highest BCUT2D eigenvalue weighted by Gasteiger charge is 2.11. The average molecular weight is 227 g/mol. The molecule has 0 bridgehead atoms. The largest absolute Gasteiger partial charge is 0.505 e. The Balaban J connectivity index is 3.03. The number of hydrogen-bond acceptors (Lipinski definition) is 4. The summed E-state index contributed by atoms with van der Waals surface area (Å²) in [6, 6.07) is 3.22. The quantitative estimate of drug-likeness (QED) is 0.547. The molecular weight excluding hydrogens is 214 g/mol. The number of rotatable bonds is 3. The second-order valence-electron chi connectivity index (χ2n) is 2.92. The summed E-state index contributed by atoms with van der Waals surface area (Å²) >= 11 is 4.11. The van der Waals surface area contributed by atoms with Crippen LogP contribution in [0.2, 0.25) is 0 Å². The van der Waals surface area contributed by atoms with Crippen molar-refractivity contribution in [3.8, 4) is 11.5 Å². The molecule has 4 nitrogen and oxygen atoms in total. The van der Waals surface area contributed by atoms with Crippen molar-refractivity contribution in [2.45, 2.75) is 18.7 Å². The van der Waals surface area contributed by atoms with Crippen LogP contribution < -0.4 is 10.1 Å². The van der Waals surface area contributed by atoms with E-state index >= 15 is 0 Å². The van der Waals surface area contributed by atoms with Crippen LogP contribution in [-0.4, -0.2) is 17.6 Å². The molecule has 0 heterocycles. The lowest BCUT2D eigenvalue weighted by molar-refractivity contribution is -0.114. The maximum absolute atomic E-state index is 10.8. The summed E-state index contributed by atoms with van der Waals surface area (Å²) in [5.74, 6) is 0.161. The number of carbonyl (C=O) groups excluding carboxylic acids is 1. The van der Waals surface area contributed by atoms with Crippen molar-refractivity contribution in [1.82, 2.24) is 0 Å². The molecule has 0 aliphatic heterocycles. The summed E-state index contributed by atoms with van der Waals surface area (Å²) in [6.45, 7) is 3.70. The van der Waals surface area contributed by atoms with Crippen LogP contribution in [0, 0.1) is 0 Å². The van der Waals surface area contributed by atoms with Crippen LogP contribution in [0.3, 0.4) is 0 Å². The molecule has 1 aromatic carbocycles. The fourth-order valence-corrected chi connectivity index (χ4v) is 1.38. The Morgan fingerprint density at radius 1 is 1.60 bits per heavy atom. The zero-order chi connectivity index (χ0) is 11.4. The maximum atomic E-state index is 10.8. The van der Waals surface area contributed by atoms with Gasteiger partial charge in [0.2, 0.25) is 5.91 Å². The van der Waals surface area contributed by atoms with Crippen LogP contribution in [0.5, 0.6) is 11.5 Å². The Kier molecular flexibility index (Phi) is 3.85. The van der Waals surface area contributed by atoms with Crippen molar-refractivity contribution in [3.63, 3.8) is 0 Å². The van der Waals surface area contributed by atoms with Gasteiger partial charge in [0, 0.05) is 6.92 Å². The Morgan fingerprint density at radius 3 is 2.80 bits per heavy atom. The number of hydrogen-bond donors (Lipinski definition) is 3. The van der Waals surface area contributed by atoms with Gasteiger partial charge in [0.15, 0.2) is 5.75 Å². The van der Waals surface area contributed by atoms with Gasteiger partial charge in [-0.2, -0.15) is 0 Å². The number of ether oxygens (including phenoxy) is 1. The van der Waals surface area contributed by atoms with Gasteiger partial charge in [-0.1, -0.05) is 0 Å². The molecule has 5 heteroatoms. The predicted molar refractivity (Wildman–Crippen MR) is 60.8 cm³/mol. The van der Waals surface area contributed by atoms with E-state index < -0.39 is 0 Å². The molecule has 0 unspecified atom stereocenters. The molecule has 82 valence electrons. The first-order chi connectivity index (χ1) is 7.06. The Morgan fingerprint density at radius 2 is 2.27 bits per heavy atom. The van der Waals surface area contributed by atoms with Crippen molar-refractivity contribution in [2.75, 3.05) is 11.9 Å². The first kappa shape index (κ1) is 11.7. The van der Waals surface area contributed by atoms with E-state index in [-0.39, 0.29) is 11.7 Å². The van der Waals surface area contributed by atoms with Gasteiger partial charge >= 0.3 is 0 Å². The summed E-state index contributed by atoms with van der Waals surface area (Å²) in [6.07, 6.45) is 0. The SMILES string of the molecule is CCOc1ccc(NC(C)=O)c(O)c1S. The van der Waals surface area contributed by atoms with Crippen molar-refractivity contribution >= 4 is 24.2 Å². The third kappa shape index (κ3) is 2.79. The average Bonchev–Trinajstić information content (AvgIpc) is 2.17. The molecule has 15 heavy (non-hydrogen) atoms. The molecule has 1 aromatic rings. The summed E-state index contributed by atoms with van der Waals surface area (Å²) in [5.41, 5.74) is 0.330. The fraction of sp³-hybridized carbons (Fsp3) is 0.300. The first-order valence-electron chi connectivity index (χ1n) is 4.51. The summed E-state index contributed by atoms with van der Waals surface area (Å²) in [4.78, 5) is 11.1. The number of amides is 1. The van der Waals surface area contributed by atoms with E-state index in [9.17, 15) is 9.90 Å². The zero-order valence-electron chi connectivity index (χ0n) is 8.57. The molecular formula is C10H13NO3S. The van der Waals surface area contributed by atoms with Gasteiger partial charge in [-0.25, -0.2) is 0 Å². The molecule has 0 aliphatic carbocycles. The number of anilines is 1. The minimum absolute atomic E-state index is 0.0838. The fourth-order valence-electron chi connectivity index (χ4n) is 1.12. The number of nitrogens with one attached hydrogen (secondary N) is 1. The van der Waals surface area contributed by atoms with Gasteiger partial charge in [0.25, 0.3) is 0 Å². The molecule has 1 amide bonds. The lowest BCUT2D eigenvalue weighted by atomic mass is 10.2. The molecule has 1 rings (SSSR count). The highest BCUT2D eigenvalue weighted by atomic mass is 32.1. The van der Waals surface area contributed by atoms with E-state index in [1.54, 1.807) is 12.1 Å². The standard InChI is InChI=1S/C10H13NO3S/c1-3-14-8-5-4-7(11-6(2)12)9(13)10(8)15/h4-5,13,15H,3H2,1-2H3,(H,11,12). The van der Waals surface area contributed by atoms with Crippen molar-refractivity contribution < 1.29 is 14.6 Å². The van der Waals surface area contributed by atoms with Crippen LogP contribution in [0.4, 0.5) is 5.69 Å². The van der Waals surface area contributed by atoms with Crippen LogP contribution in [-0.2, 0) is 4.79 Å². The molecule has 0 radical (unpaired) electrons. The van der Waals surface area contributed by atoms with E-state index in [0.717, 1.165) is 0 Å². The lowest BCUT2D eigenvalue weighted by Gasteiger charge is -2.11. The molecule has 0 fully saturated rings. The number of phenols is 1. The van der Waals surface area contributed by atoms with Gasteiger partial charge in [-0.15, -0.1) is 12.6 Å². The molecule has 0 aliphatic rings. The van der Waals surface area contributed by atoms with Crippen molar-refractivity contribution in [2.24, 2.45) is 0 Å². The highest BCUT2D eigenvalue weighted by Crippen LogP contribution is 2.37. The van der Waals surface area contributed by atoms with E-state index in [4.69, 9.17) is 4.74 Å². The van der Waals surface area contributed by atoms with E-state index in [1.807, 2.05) is 6.92 Å². The van der Waals surface area contributed by atoms with E-state index in [0.29, 0.717) is 22.9 Å². The molecule has 0 saturated carbocycles. The third-order valence-electron chi connectivity index (χ3n) is 1.72. The Bertz CT molecular complexity index is 379. The van der Waals surface area contributed by atoms with Crippen LogP contribution in [0.1, 0.15) is 13.8 Å². The molecule has 0 saturated heterocycles. The first-order valence-corrected chi connectivity index (χ1v) is 4.96. The second-order valence-corrected chi connectivity index (χ2v) is 3.37. The van der Waals surface area contributed by atoms with Crippen LogP contribution >= 0.6 is 12.6 Å². The maximum Gasteiger partial charge on any atom is 0.221 e. The van der Waals surface area contributed by atoms with Gasteiger partial charge in [0.05, 0.1) is 17.2 Å².